The van der Waals surface area contributed by atoms with Crippen molar-refractivity contribution in [1.29, 1.82) is 0 Å². The molecule has 0 fully saturated rings. The van der Waals surface area contributed by atoms with E-state index in [0.29, 0.717) is 0 Å². The summed E-state index contributed by atoms with van der Waals surface area (Å²) in [6, 6.07) is 9.87. The summed E-state index contributed by atoms with van der Waals surface area (Å²) >= 11 is 0. The predicted molar refractivity (Wildman–Crippen MR) is 36.7 cm³/mol. The van der Waals surface area contributed by atoms with Gasteiger partial charge in [0.25, 0.3) is 0 Å². The Morgan fingerprint density at radius 3 is 1.60 bits per heavy atom. The number of hydrogen-bond donors (Lipinski definition) is 0. The molecular weight excluding hydrogens is 322 g/mol. The second-order valence-electron chi connectivity index (χ2n) is 1.49. The fourth-order valence-electron chi connectivity index (χ4n) is 0.478. The summed E-state index contributed by atoms with van der Waals surface area (Å²) in [4.78, 5) is 0. The fourth-order valence-corrected chi connectivity index (χ4v) is 0.478. The average Bonchev–Trinajstić information content (AvgIpc) is 1.69. The van der Waals surface area contributed by atoms with Gasteiger partial charge in [-0.3, -0.25) is 0 Å². The molecule has 0 unspecified atom stereocenters. The minimum atomic E-state index is 0. The summed E-state index contributed by atoms with van der Waals surface area (Å²) in [6.45, 7) is 3.72. The van der Waals surface area contributed by atoms with Crippen LogP contribution in [0.4, 0.5) is 0 Å². The van der Waals surface area contributed by atoms with Crippen LogP contribution in [0.2, 0.25) is 0 Å². The number of halogens is 1. The monoisotopic (exact) mass is 330 g/mol. The summed E-state index contributed by atoms with van der Waals surface area (Å²) < 4.78 is 0. The van der Waals surface area contributed by atoms with Crippen LogP contribution in [0, 0.1) is 6.92 Å². The predicted octanol–water partition coefficient (Wildman–Crippen LogP) is -1.51. The Morgan fingerprint density at radius 1 is 1.00 bits per heavy atom. The van der Waals surface area contributed by atoms with Crippen LogP contribution in [0.3, 0.4) is 0 Å². The SMILES string of the molecule is [CH2-]c1ccccc1.[Cl-].[Hf].[Mg+2]. The van der Waals surface area contributed by atoms with Gasteiger partial charge < -0.3 is 12.4 Å². The molecule has 10 heavy (non-hydrogen) atoms. The van der Waals surface area contributed by atoms with E-state index in [1.807, 2.05) is 30.3 Å². The number of rotatable bonds is 0. The molecule has 1 aromatic rings. The normalized spacial score (nSPS) is 6.00. The molecule has 0 bridgehead atoms. The first-order valence-corrected chi connectivity index (χ1v) is 2.26. The summed E-state index contributed by atoms with van der Waals surface area (Å²) in [6.07, 6.45) is 0. The van der Waals surface area contributed by atoms with Gasteiger partial charge in [-0.25, -0.2) is 0 Å². The van der Waals surface area contributed by atoms with E-state index in [1.54, 1.807) is 0 Å². The molecule has 0 radical (unpaired) electrons. The van der Waals surface area contributed by atoms with Crippen LogP contribution in [0.15, 0.2) is 30.3 Å². The zero-order chi connectivity index (χ0) is 5.11. The summed E-state index contributed by atoms with van der Waals surface area (Å²) in [7, 11) is 0. The molecule has 0 amide bonds. The maximum Gasteiger partial charge on any atom is 2.00 e. The molecule has 0 saturated heterocycles. The first-order chi connectivity index (χ1) is 3.39. The summed E-state index contributed by atoms with van der Waals surface area (Å²) in [5.74, 6) is 0. The molecule has 0 heterocycles. The molecule has 0 aliphatic rings. The molecule has 48 valence electrons. The van der Waals surface area contributed by atoms with E-state index in [4.69, 9.17) is 0 Å². The molecule has 0 N–H and O–H groups in total. The van der Waals surface area contributed by atoms with E-state index in [9.17, 15) is 0 Å². The second-order valence-corrected chi connectivity index (χ2v) is 1.49. The molecule has 0 saturated carbocycles. The van der Waals surface area contributed by atoms with E-state index in [2.05, 4.69) is 6.92 Å². The van der Waals surface area contributed by atoms with E-state index >= 15 is 0 Å². The third kappa shape index (κ3) is 7.13. The summed E-state index contributed by atoms with van der Waals surface area (Å²) in [5.41, 5.74) is 1.07. The molecule has 0 atom stereocenters. The van der Waals surface area contributed by atoms with E-state index in [1.165, 1.54) is 0 Å². The maximum atomic E-state index is 3.72. The summed E-state index contributed by atoms with van der Waals surface area (Å²) in [5, 5.41) is 0. The second kappa shape index (κ2) is 10.0. The van der Waals surface area contributed by atoms with Gasteiger partial charge in [-0.05, 0) is 0 Å². The van der Waals surface area contributed by atoms with Crippen molar-refractivity contribution in [2.45, 2.75) is 0 Å². The largest absolute Gasteiger partial charge is 2.00 e. The smallest absolute Gasteiger partial charge is 1.00 e. The average molecular weight is 329 g/mol. The van der Waals surface area contributed by atoms with Gasteiger partial charge in [0.1, 0.15) is 0 Å². The van der Waals surface area contributed by atoms with Gasteiger partial charge in [-0.2, -0.15) is 24.6 Å². The topological polar surface area (TPSA) is 0 Å². The van der Waals surface area contributed by atoms with Gasteiger partial charge in [0, 0.05) is 25.8 Å². The Bertz CT molecular complexity index is 144. The Kier molecular flexibility index (Phi) is 17.2. The van der Waals surface area contributed by atoms with Crippen molar-refractivity contribution in [2.75, 3.05) is 0 Å². The molecule has 1 rings (SSSR count). The van der Waals surface area contributed by atoms with E-state index < -0.39 is 0 Å². The molecule has 0 aliphatic heterocycles. The Labute approximate surface area is 103 Å². The number of benzene rings is 1. The Morgan fingerprint density at radius 2 is 1.40 bits per heavy atom. The molecule has 0 aliphatic carbocycles. The minimum Gasteiger partial charge on any atom is -1.00 e. The molecule has 0 nitrogen and oxygen atoms in total. The molecular formula is C7H7ClHfMg. The minimum absolute atomic E-state index is 0. The van der Waals surface area contributed by atoms with E-state index in [0.717, 1.165) is 5.56 Å². The molecule has 0 spiro atoms. The van der Waals surface area contributed by atoms with Crippen molar-refractivity contribution in [3.63, 3.8) is 0 Å². The third-order valence-corrected chi connectivity index (χ3v) is 0.843. The van der Waals surface area contributed by atoms with Crippen LogP contribution in [0.5, 0.6) is 0 Å². The first-order valence-electron chi connectivity index (χ1n) is 2.26. The van der Waals surface area contributed by atoms with Crippen LogP contribution in [0.25, 0.3) is 0 Å². The van der Waals surface area contributed by atoms with Crippen molar-refractivity contribution in [3.8, 4) is 0 Å². The quantitative estimate of drug-likeness (QED) is 0.401. The van der Waals surface area contributed by atoms with Gasteiger partial charge in [-0.1, -0.05) is 6.07 Å². The Balaban J connectivity index is -0.000000163. The zero-order valence-electron chi connectivity index (χ0n) is 5.68. The van der Waals surface area contributed by atoms with Gasteiger partial charge >= 0.3 is 23.1 Å². The van der Waals surface area contributed by atoms with Crippen molar-refractivity contribution in [2.24, 2.45) is 0 Å². The molecule has 0 aromatic heterocycles. The van der Waals surface area contributed by atoms with Gasteiger partial charge in [0.2, 0.25) is 0 Å². The maximum absolute atomic E-state index is 3.72. The van der Waals surface area contributed by atoms with Gasteiger partial charge in [0.05, 0.1) is 0 Å². The van der Waals surface area contributed by atoms with Crippen molar-refractivity contribution < 1.29 is 38.3 Å². The third-order valence-electron chi connectivity index (χ3n) is 0.843. The first kappa shape index (κ1) is 17.2. The fraction of sp³-hybridized carbons (Fsp3) is 0. The number of hydrogen-bond acceptors (Lipinski definition) is 0. The van der Waals surface area contributed by atoms with Crippen LogP contribution in [-0.2, 0) is 25.8 Å². The van der Waals surface area contributed by atoms with Gasteiger partial charge in [-0.15, -0.1) is 12.1 Å². The van der Waals surface area contributed by atoms with Crippen LogP contribution in [0.1, 0.15) is 5.56 Å². The van der Waals surface area contributed by atoms with Crippen LogP contribution in [-0.4, -0.2) is 23.1 Å². The molecule has 3 heteroatoms. The van der Waals surface area contributed by atoms with Gasteiger partial charge in [0.15, 0.2) is 0 Å². The van der Waals surface area contributed by atoms with Crippen molar-refractivity contribution >= 4 is 23.1 Å². The van der Waals surface area contributed by atoms with Crippen LogP contribution < -0.4 is 12.4 Å². The standard InChI is InChI=1S/C7H7.ClH.Hf.Mg/c1-7-5-3-2-4-6-7;;;/h2-6H,1H2;1H;;/q-1;;;+2/p-1. The van der Waals surface area contributed by atoms with E-state index in [-0.39, 0.29) is 61.3 Å². The molecule has 1 aromatic carbocycles. The van der Waals surface area contributed by atoms with Crippen molar-refractivity contribution in [3.05, 3.63) is 42.8 Å². The van der Waals surface area contributed by atoms with Crippen LogP contribution >= 0.6 is 0 Å². The van der Waals surface area contributed by atoms with Crippen molar-refractivity contribution in [1.82, 2.24) is 0 Å². The zero-order valence-corrected chi connectivity index (χ0v) is 11.4. The Hall–Kier alpha value is 1.02.